The van der Waals surface area contributed by atoms with Crippen LogP contribution in [0, 0.1) is 5.92 Å². The van der Waals surface area contributed by atoms with Crippen molar-refractivity contribution in [2.45, 2.75) is 38.3 Å². The molecule has 0 spiro atoms. The molecule has 2 N–H and O–H groups in total. The predicted octanol–water partition coefficient (Wildman–Crippen LogP) is 0.313. The second-order valence-corrected chi connectivity index (χ2v) is 5.66. The monoisotopic (exact) mass is 300 g/mol. The molecule has 3 atom stereocenters. The molecule has 0 radical (unpaired) electrons. The maximum Gasteiger partial charge on any atom is 0.227 e. The molecule has 0 aliphatic carbocycles. The number of nitrogens with one attached hydrogen (secondary N) is 2. The lowest BCUT2D eigenvalue weighted by atomic mass is 10.0. The van der Waals surface area contributed by atoms with E-state index in [-0.39, 0.29) is 24.0 Å². The van der Waals surface area contributed by atoms with Crippen molar-refractivity contribution < 1.29 is 19.0 Å². The lowest BCUT2D eigenvalue weighted by Crippen LogP contribution is -2.44. The molecule has 2 aliphatic rings. The molecule has 0 bridgehead atoms. The van der Waals surface area contributed by atoms with Crippen LogP contribution in [0.3, 0.4) is 0 Å². The van der Waals surface area contributed by atoms with Gasteiger partial charge in [0.05, 0.1) is 31.8 Å². The normalized spacial score (nSPS) is 28.9. The number of hydrogen-bond acceptors (Lipinski definition) is 5. The molecule has 3 unspecified atom stereocenters. The van der Waals surface area contributed by atoms with Crippen LogP contribution >= 0.6 is 0 Å². The number of amides is 1. The predicted molar refractivity (Wildman–Crippen MR) is 79.2 cm³/mol. The molecule has 2 rings (SSSR count). The van der Waals surface area contributed by atoms with E-state index in [1.165, 1.54) is 0 Å². The van der Waals surface area contributed by atoms with Gasteiger partial charge in [-0.1, -0.05) is 6.92 Å². The van der Waals surface area contributed by atoms with Crippen molar-refractivity contribution in [1.82, 2.24) is 10.6 Å². The summed E-state index contributed by atoms with van der Waals surface area (Å²) >= 11 is 0. The molecule has 2 fully saturated rings. The standard InChI is InChI=1S/C15H28N2O4/c1-2-16-14-11-20-10-13(14)15(18)17-6-4-7-19-9-12-5-3-8-21-12/h12-14,16H,2-11H2,1H3,(H,17,18). The van der Waals surface area contributed by atoms with Gasteiger partial charge in [0.1, 0.15) is 0 Å². The Labute approximate surface area is 126 Å². The van der Waals surface area contributed by atoms with Crippen LogP contribution in [0.1, 0.15) is 26.2 Å². The van der Waals surface area contributed by atoms with Crippen molar-refractivity contribution in [2.24, 2.45) is 5.92 Å². The lowest BCUT2D eigenvalue weighted by molar-refractivity contribution is -0.125. The summed E-state index contributed by atoms with van der Waals surface area (Å²) < 4.78 is 16.4. The van der Waals surface area contributed by atoms with Gasteiger partial charge in [0, 0.05) is 25.8 Å². The number of hydrogen-bond donors (Lipinski definition) is 2. The molecule has 6 nitrogen and oxygen atoms in total. The van der Waals surface area contributed by atoms with Crippen LogP contribution in [-0.4, -0.2) is 64.2 Å². The molecule has 0 aromatic heterocycles. The van der Waals surface area contributed by atoms with Gasteiger partial charge in [-0.15, -0.1) is 0 Å². The summed E-state index contributed by atoms with van der Waals surface area (Å²) in [6.45, 7) is 6.88. The summed E-state index contributed by atoms with van der Waals surface area (Å²) in [4.78, 5) is 12.1. The van der Waals surface area contributed by atoms with Gasteiger partial charge in [0.25, 0.3) is 0 Å². The van der Waals surface area contributed by atoms with Gasteiger partial charge in [0.2, 0.25) is 5.91 Å². The Kier molecular flexibility index (Phi) is 7.43. The van der Waals surface area contributed by atoms with E-state index in [2.05, 4.69) is 10.6 Å². The molecule has 0 aromatic rings. The number of likely N-dealkylation sites (N-methyl/N-ethyl adjacent to an activating group) is 1. The van der Waals surface area contributed by atoms with Crippen molar-refractivity contribution >= 4 is 5.91 Å². The SMILES string of the molecule is CCNC1COCC1C(=O)NCCCOCC1CCCO1. The van der Waals surface area contributed by atoms with E-state index in [9.17, 15) is 4.79 Å². The zero-order valence-corrected chi connectivity index (χ0v) is 12.9. The van der Waals surface area contributed by atoms with Crippen LogP contribution in [0.2, 0.25) is 0 Å². The molecule has 21 heavy (non-hydrogen) atoms. The first-order valence-corrected chi connectivity index (χ1v) is 8.09. The third-order valence-corrected chi connectivity index (χ3v) is 3.98. The Morgan fingerprint density at radius 3 is 3.05 bits per heavy atom. The summed E-state index contributed by atoms with van der Waals surface area (Å²) in [5.74, 6) is 0.00957. The molecule has 6 heteroatoms. The Balaban J connectivity index is 1.50. The zero-order valence-electron chi connectivity index (χ0n) is 12.9. The summed E-state index contributed by atoms with van der Waals surface area (Å²) in [5.41, 5.74) is 0. The highest BCUT2D eigenvalue weighted by Crippen LogP contribution is 2.14. The Hall–Kier alpha value is -0.690. The number of carbonyl (C=O) groups excluding carboxylic acids is 1. The van der Waals surface area contributed by atoms with Crippen LogP contribution in [0.5, 0.6) is 0 Å². The van der Waals surface area contributed by atoms with E-state index in [1.807, 2.05) is 6.92 Å². The minimum Gasteiger partial charge on any atom is -0.379 e. The molecule has 0 saturated carbocycles. The highest BCUT2D eigenvalue weighted by Gasteiger charge is 2.33. The van der Waals surface area contributed by atoms with Crippen LogP contribution in [-0.2, 0) is 19.0 Å². The van der Waals surface area contributed by atoms with Crippen molar-refractivity contribution in [1.29, 1.82) is 0 Å². The molecule has 2 heterocycles. The largest absolute Gasteiger partial charge is 0.379 e. The van der Waals surface area contributed by atoms with Gasteiger partial charge in [-0.3, -0.25) is 4.79 Å². The first kappa shape index (κ1) is 16.7. The van der Waals surface area contributed by atoms with Crippen LogP contribution in [0.15, 0.2) is 0 Å². The molecule has 122 valence electrons. The topological polar surface area (TPSA) is 68.8 Å². The highest BCUT2D eigenvalue weighted by molar-refractivity contribution is 5.79. The average molecular weight is 300 g/mol. The van der Waals surface area contributed by atoms with Gasteiger partial charge < -0.3 is 24.8 Å². The zero-order chi connectivity index (χ0) is 14.9. The van der Waals surface area contributed by atoms with Crippen molar-refractivity contribution in [2.75, 3.05) is 46.1 Å². The molecular formula is C15H28N2O4. The Bertz CT molecular complexity index is 308. The Morgan fingerprint density at radius 1 is 1.38 bits per heavy atom. The number of carbonyl (C=O) groups is 1. The number of ether oxygens (including phenoxy) is 3. The molecule has 2 saturated heterocycles. The second-order valence-electron chi connectivity index (χ2n) is 5.66. The summed E-state index contributed by atoms with van der Waals surface area (Å²) in [7, 11) is 0. The fourth-order valence-corrected chi connectivity index (χ4v) is 2.78. The van der Waals surface area contributed by atoms with Gasteiger partial charge in [-0.05, 0) is 25.8 Å². The van der Waals surface area contributed by atoms with E-state index < -0.39 is 0 Å². The smallest absolute Gasteiger partial charge is 0.227 e. The minimum atomic E-state index is -0.0715. The van der Waals surface area contributed by atoms with E-state index in [0.717, 1.165) is 32.4 Å². The molecule has 0 aromatic carbocycles. The van der Waals surface area contributed by atoms with E-state index in [1.54, 1.807) is 0 Å². The van der Waals surface area contributed by atoms with E-state index in [4.69, 9.17) is 14.2 Å². The third kappa shape index (κ3) is 5.54. The van der Waals surface area contributed by atoms with E-state index in [0.29, 0.717) is 33.0 Å². The highest BCUT2D eigenvalue weighted by atomic mass is 16.5. The van der Waals surface area contributed by atoms with Crippen molar-refractivity contribution in [3.05, 3.63) is 0 Å². The van der Waals surface area contributed by atoms with Crippen LogP contribution in [0.25, 0.3) is 0 Å². The van der Waals surface area contributed by atoms with E-state index >= 15 is 0 Å². The first-order chi connectivity index (χ1) is 10.3. The van der Waals surface area contributed by atoms with Crippen LogP contribution in [0.4, 0.5) is 0 Å². The van der Waals surface area contributed by atoms with Gasteiger partial charge in [0.15, 0.2) is 0 Å². The molecule has 2 aliphatic heterocycles. The average Bonchev–Trinajstić information content (AvgIpc) is 3.14. The molecular weight excluding hydrogens is 272 g/mol. The third-order valence-electron chi connectivity index (χ3n) is 3.98. The molecule has 1 amide bonds. The van der Waals surface area contributed by atoms with Gasteiger partial charge >= 0.3 is 0 Å². The maximum absolute atomic E-state index is 12.1. The summed E-state index contributed by atoms with van der Waals surface area (Å²) in [6, 6.07) is 0.144. The lowest BCUT2D eigenvalue weighted by Gasteiger charge is -2.17. The van der Waals surface area contributed by atoms with Crippen molar-refractivity contribution in [3.63, 3.8) is 0 Å². The second kappa shape index (κ2) is 9.35. The number of rotatable bonds is 9. The maximum atomic E-state index is 12.1. The fourth-order valence-electron chi connectivity index (χ4n) is 2.78. The fraction of sp³-hybridized carbons (Fsp3) is 0.933. The quantitative estimate of drug-likeness (QED) is 0.600. The summed E-state index contributed by atoms with van der Waals surface area (Å²) in [6.07, 6.45) is 3.35. The summed E-state index contributed by atoms with van der Waals surface area (Å²) in [5, 5.41) is 6.26. The van der Waals surface area contributed by atoms with Crippen LogP contribution < -0.4 is 10.6 Å². The minimum absolute atomic E-state index is 0.0715. The van der Waals surface area contributed by atoms with Crippen molar-refractivity contribution in [3.8, 4) is 0 Å². The first-order valence-electron chi connectivity index (χ1n) is 8.09. The van der Waals surface area contributed by atoms with Gasteiger partial charge in [-0.25, -0.2) is 0 Å². The van der Waals surface area contributed by atoms with Gasteiger partial charge in [-0.2, -0.15) is 0 Å². The Morgan fingerprint density at radius 2 is 2.29 bits per heavy atom.